The summed E-state index contributed by atoms with van der Waals surface area (Å²) in [5.41, 5.74) is 5.57. The summed E-state index contributed by atoms with van der Waals surface area (Å²) in [4.78, 5) is 0. The van der Waals surface area contributed by atoms with Crippen LogP contribution in [0.1, 0.15) is 0 Å². The lowest BCUT2D eigenvalue weighted by molar-refractivity contribution is 1.02. The number of para-hydroxylation sites is 2. The topological polar surface area (TPSA) is 4.93 Å². The summed E-state index contributed by atoms with van der Waals surface area (Å²) in [6.45, 7) is 0. The van der Waals surface area contributed by atoms with Gasteiger partial charge in [0, 0.05) is 28.9 Å². The van der Waals surface area contributed by atoms with Crippen molar-refractivity contribution < 1.29 is 0 Å². The second-order valence-electron chi connectivity index (χ2n) is 5.37. The highest BCUT2D eigenvalue weighted by Gasteiger charge is 2.12. The molecule has 0 saturated carbocycles. The van der Waals surface area contributed by atoms with Crippen molar-refractivity contribution >= 4 is 35.1 Å². The third kappa shape index (κ3) is 1.72. The molecule has 0 aliphatic rings. The first-order valence-electron chi connectivity index (χ1n) is 7.08. The van der Waals surface area contributed by atoms with Crippen LogP contribution >= 0.6 is 0 Å². The molecule has 0 atom stereocenters. The Morgan fingerprint density at radius 3 is 2.24 bits per heavy atom. The zero-order valence-corrected chi connectivity index (χ0v) is 11.9. The van der Waals surface area contributed by atoms with Crippen LogP contribution in [0.4, 0.5) is 0 Å². The van der Waals surface area contributed by atoms with Crippen molar-refractivity contribution in [2.24, 2.45) is 7.05 Å². The highest BCUT2D eigenvalue weighted by Crippen LogP contribution is 2.34. The fraction of sp³-hybridized carbons (Fsp3) is 0.0526. The van der Waals surface area contributed by atoms with Gasteiger partial charge in [-0.15, -0.1) is 0 Å². The highest BCUT2D eigenvalue weighted by atomic mass is 14.9. The van der Waals surface area contributed by atoms with Crippen LogP contribution in [0.25, 0.3) is 32.9 Å². The summed E-state index contributed by atoms with van der Waals surface area (Å²) >= 11 is 0. The highest BCUT2D eigenvalue weighted by molar-refractivity contribution is 6.36. The van der Waals surface area contributed by atoms with Gasteiger partial charge in [-0.05, 0) is 11.6 Å². The Morgan fingerprint density at radius 2 is 1.38 bits per heavy atom. The van der Waals surface area contributed by atoms with Crippen LogP contribution in [0.3, 0.4) is 0 Å². The molecule has 0 aliphatic heterocycles. The van der Waals surface area contributed by atoms with Gasteiger partial charge in [-0.1, -0.05) is 66.1 Å². The minimum absolute atomic E-state index is 0.815. The SMILES string of the molecule is [B]c1ccccc1-c1cccc2c3ccccc3n(C)c12. The second kappa shape index (κ2) is 4.52. The van der Waals surface area contributed by atoms with Crippen LogP contribution in [0.5, 0.6) is 0 Å². The molecule has 1 heterocycles. The van der Waals surface area contributed by atoms with Crippen LogP contribution < -0.4 is 5.46 Å². The van der Waals surface area contributed by atoms with Crippen LogP contribution in [0.15, 0.2) is 66.7 Å². The number of hydrogen-bond acceptors (Lipinski definition) is 0. The van der Waals surface area contributed by atoms with E-state index in [1.807, 2.05) is 18.2 Å². The zero-order chi connectivity index (χ0) is 14.4. The quantitative estimate of drug-likeness (QED) is 0.462. The molecule has 2 heteroatoms. The molecule has 1 nitrogen and oxygen atoms in total. The predicted molar refractivity (Wildman–Crippen MR) is 91.2 cm³/mol. The van der Waals surface area contributed by atoms with E-state index in [9.17, 15) is 0 Å². The van der Waals surface area contributed by atoms with Crippen LogP contribution in [0.2, 0.25) is 0 Å². The Kier molecular flexibility index (Phi) is 2.65. The van der Waals surface area contributed by atoms with Gasteiger partial charge in [-0.25, -0.2) is 0 Å². The van der Waals surface area contributed by atoms with Crippen LogP contribution in [-0.2, 0) is 7.05 Å². The maximum absolute atomic E-state index is 6.18. The van der Waals surface area contributed by atoms with Gasteiger partial charge in [-0.2, -0.15) is 0 Å². The summed E-state index contributed by atoms with van der Waals surface area (Å²) < 4.78 is 2.26. The molecule has 21 heavy (non-hydrogen) atoms. The Bertz CT molecular complexity index is 966. The standard InChI is InChI=1S/C19H14BN/c1-21-18-12-5-3-8-14(18)16-10-6-9-15(19(16)21)13-7-2-4-11-17(13)20/h2-12H,1H3. The van der Waals surface area contributed by atoms with Gasteiger partial charge in [0.2, 0.25) is 0 Å². The predicted octanol–water partition coefficient (Wildman–Crippen LogP) is 3.79. The molecule has 3 aromatic carbocycles. The minimum atomic E-state index is 0.815. The molecule has 0 N–H and O–H groups in total. The third-order valence-corrected chi connectivity index (χ3v) is 4.18. The largest absolute Gasteiger partial charge is 0.343 e. The van der Waals surface area contributed by atoms with Crippen molar-refractivity contribution in [1.29, 1.82) is 0 Å². The van der Waals surface area contributed by atoms with Crippen molar-refractivity contribution in [3.05, 3.63) is 66.7 Å². The Labute approximate surface area is 125 Å². The summed E-state index contributed by atoms with van der Waals surface area (Å²) in [6.07, 6.45) is 0. The van der Waals surface area contributed by atoms with E-state index in [1.54, 1.807) is 0 Å². The first-order chi connectivity index (χ1) is 10.3. The van der Waals surface area contributed by atoms with Gasteiger partial charge in [0.15, 0.2) is 0 Å². The van der Waals surface area contributed by atoms with Crippen molar-refractivity contribution in [2.45, 2.75) is 0 Å². The molecule has 0 unspecified atom stereocenters. The number of fused-ring (bicyclic) bond motifs is 3. The number of benzene rings is 3. The Balaban J connectivity index is 2.19. The molecule has 0 saturated heterocycles. The molecular formula is C19H14BN. The summed E-state index contributed by atoms with van der Waals surface area (Å²) in [5, 5.41) is 2.56. The monoisotopic (exact) mass is 267 g/mol. The normalized spacial score (nSPS) is 11.3. The van der Waals surface area contributed by atoms with E-state index in [1.165, 1.54) is 27.4 Å². The molecule has 0 aliphatic carbocycles. The maximum atomic E-state index is 6.18. The van der Waals surface area contributed by atoms with Gasteiger partial charge in [0.25, 0.3) is 0 Å². The Hall–Kier alpha value is -2.48. The second-order valence-corrected chi connectivity index (χ2v) is 5.37. The molecule has 0 bridgehead atoms. The molecule has 2 radical (unpaired) electrons. The number of hydrogen-bond donors (Lipinski definition) is 0. The van der Waals surface area contributed by atoms with Crippen molar-refractivity contribution in [2.75, 3.05) is 0 Å². The average molecular weight is 267 g/mol. The first kappa shape index (κ1) is 12.3. The number of nitrogens with zero attached hydrogens (tertiary/aromatic N) is 1. The minimum Gasteiger partial charge on any atom is -0.343 e. The lowest BCUT2D eigenvalue weighted by atomic mass is 9.86. The van der Waals surface area contributed by atoms with E-state index < -0.39 is 0 Å². The molecule has 4 rings (SSSR count). The molecule has 4 aromatic rings. The number of aryl methyl sites for hydroxylation is 1. The van der Waals surface area contributed by atoms with Crippen molar-refractivity contribution in [1.82, 2.24) is 4.57 Å². The van der Waals surface area contributed by atoms with Gasteiger partial charge < -0.3 is 4.57 Å². The third-order valence-electron chi connectivity index (χ3n) is 4.18. The molecular weight excluding hydrogens is 253 g/mol. The van der Waals surface area contributed by atoms with E-state index in [0.717, 1.165) is 11.0 Å². The van der Waals surface area contributed by atoms with Crippen LogP contribution in [0, 0.1) is 0 Å². The summed E-state index contributed by atoms with van der Waals surface area (Å²) in [6, 6.07) is 23.0. The van der Waals surface area contributed by atoms with Crippen molar-refractivity contribution in [3.8, 4) is 11.1 Å². The fourth-order valence-corrected chi connectivity index (χ4v) is 3.20. The lowest BCUT2D eigenvalue weighted by Crippen LogP contribution is -2.06. The molecule has 1 aromatic heterocycles. The Morgan fingerprint density at radius 1 is 0.714 bits per heavy atom. The molecule has 0 amide bonds. The van der Waals surface area contributed by atoms with Gasteiger partial charge in [0.1, 0.15) is 7.85 Å². The lowest BCUT2D eigenvalue weighted by Gasteiger charge is -2.10. The van der Waals surface area contributed by atoms with E-state index >= 15 is 0 Å². The van der Waals surface area contributed by atoms with Crippen LogP contribution in [-0.4, -0.2) is 12.4 Å². The number of aromatic nitrogens is 1. The van der Waals surface area contributed by atoms with E-state index in [4.69, 9.17) is 7.85 Å². The van der Waals surface area contributed by atoms with Gasteiger partial charge >= 0.3 is 0 Å². The van der Waals surface area contributed by atoms with E-state index in [0.29, 0.717) is 0 Å². The van der Waals surface area contributed by atoms with E-state index in [-0.39, 0.29) is 0 Å². The van der Waals surface area contributed by atoms with E-state index in [2.05, 4.69) is 60.1 Å². The van der Waals surface area contributed by atoms with Crippen molar-refractivity contribution in [3.63, 3.8) is 0 Å². The summed E-state index contributed by atoms with van der Waals surface area (Å²) in [5.74, 6) is 0. The smallest absolute Gasteiger partial charge is 0.114 e. The maximum Gasteiger partial charge on any atom is 0.114 e. The molecule has 98 valence electrons. The molecule has 0 fully saturated rings. The first-order valence-corrected chi connectivity index (χ1v) is 7.08. The molecule has 0 spiro atoms. The summed E-state index contributed by atoms with van der Waals surface area (Å²) in [7, 11) is 8.30. The number of rotatable bonds is 1. The average Bonchev–Trinajstić information content (AvgIpc) is 2.82. The fourth-order valence-electron chi connectivity index (χ4n) is 3.20. The zero-order valence-electron chi connectivity index (χ0n) is 11.9. The van der Waals surface area contributed by atoms with Gasteiger partial charge in [-0.3, -0.25) is 0 Å². The van der Waals surface area contributed by atoms with Gasteiger partial charge in [0.05, 0.1) is 5.52 Å².